The zero-order valence-corrected chi connectivity index (χ0v) is 9.01. The molecule has 0 spiro atoms. The number of hydrogen-bond donors (Lipinski definition) is 1. The summed E-state index contributed by atoms with van der Waals surface area (Å²) in [5.74, 6) is 0. The molecule has 0 radical (unpaired) electrons. The Morgan fingerprint density at radius 2 is 2.33 bits per heavy atom. The van der Waals surface area contributed by atoms with Gasteiger partial charge in [-0.2, -0.15) is 0 Å². The Kier molecular flexibility index (Phi) is 2.77. The largest absolute Gasteiger partial charge is 0.390 e. The minimum absolute atomic E-state index is 0.110. The molecule has 0 aromatic carbocycles. The molecule has 2 heterocycles. The topological polar surface area (TPSA) is 77.4 Å². The van der Waals surface area contributed by atoms with Gasteiger partial charge in [0.1, 0.15) is 0 Å². The van der Waals surface area contributed by atoms with E-state index in [0.717, 1.165) is 13.0 Å². The van der Waals surface area contributed by atoms with Crippen molar-refractivity contribution in [2.75, 3.05) is 23.8 Å². The molecule has 1 aromatic rings. The summed E-state index contributed by atoms with van der Waals surface area (Å²) in [4.78, 5) is 2.07. The Labute approximate surface area is 88.4 Å². The van der Waals surface area contributed by atoms with Crippen LogP contribution in [-0.4, -0.2) is 35.5 Å². The van der Waals surface area contributed by atoms with Crippen molar-refractivity contribution in [2.24, 2.45) is 0 Å². The fraction of sp³-hybridized carbons (Fsp3) is 0.778. The van der Waals surface area contributed by atoms with Gasteiger partial charge >= 0.3 is 12.0 Å². The van der Waals surface area contributed by atoms with Gasteiger partial charge in [0.05, 0.1) is 18.8 Å². The maximum Gasteiger partial charge on any atom is 0.319 e. The van der Waals surface area contributed by atoms with Gasteiger partial charge in [0.15, 0.2) is 0 Å². The average molecular weight is 212 g/mol. The quantitative estimate of drug-likeness (QED) is 0.775. The summed E-state index contributed by atoms with van der Waals surface area (Å²) in [5, 5.41) is 7.57. The molecule has 6 heteroatoms. The van der Waals surface area contributed by atoms with Gasteiger partial charge in [0, 0.05) is 6.54 Å². The first-order valence-corrected chi connectivity index (χ1v) is 5.18. The normalized spacial score (nSPS) is 26.9. The molecule has 0 saturated carbocycles. The Hall–Kier alpha value is -1.30. The molecule has 0 bridgehead atoms. The number of rotatable bonds is 2. The number of morpholine rings is 1. The van der Waals surface area contributed by atoms with Gasteiger partial charge in [-0.1, -0.05) is 17.1 Å². The van der Waals surface area contributed by atoms with Gasteiger partial charge in [-0.15, -0.1) is 0 Å². The van der Waals surface area contributed by atoms with Crippen molar-refractivity contribution < 1.29 is 9.15 Å². The van der Waals surface area contributed by atoms with Crippen LogP contribution in [0.15, 0.2) is 4.42 Å². The molecular weight excluding hydrogens is 196 g/mol. The Morgan fingerprint density at radius 3 is 2.93 bits per heavy atom. The van der Waals surface area contributed by atoms with E-state index < -0.39 is 0 Å². The molecule has 2 N–H and O–H groups in total. The Balaban J connectivity index is 2.16. The minimum atomic E-state index is 0.110. The minimum Gasteiger partial charge on any atom is -0.390 e. The van der Waals surface area contributed by atoms with Crippen LogP contribution >= 0.6 is 0 Å². The third-order valence-corrected chi connectivity index (χ3v) is 2.61. The van der Waals surface area contributed by atoms with Crippen molar-refractivity contribution in [1.29, 1.82) is 0 Å². The number of nitrogen functional groups attached to an aromatic ring is 1. The van der Waals surface area contributed by atoms with E-state index in [-0.39, 0.29) is 12.1 Å². The summed E-state index contributed by atoms with van der Waals surface area (Å²) < 4.78 is 10.8. The molecule has 0 aliphatic carbocycles. The molecule has 2 unspecified atom stereocenters. The lowest BCUT2D eigenvalue weighted by Crippen LogP contribution is -2.48. The summed E-state index contributed by atoms with van der Waals surface area (Å²) >= 11 is 0. The van der Waals surface area contributed by atoms with Crippen molar-refractivity contribution in [3.8, 4) is 0 Å². The van der Waals surface area contributed by atoms with Crippen molar-refractivity contribution in [3.63, 3.8) is 0 Å². The monoisotopic (exact) mass is 212 g/mol. The number of ether oxygens (including phenoxy) is 1. The van der Waals surface area contributed by atoms with Crippen LogP contribution in [0, 0.1) is 0 Å². The first kappa shape index (κ1) is 10.2. The lowest BCUT2D eigenvalue weighted by Gasteiger charge is -2.36. The van der Waals surface area contributed by atoms with E-state index in [4.69, 9.17) is 14.9 Å². The predicted octanol–water partition coefficient (Wildman–Crippen LogP) is 0.656. The van der Waals surface area contributed by atoms with Gasteiger partial charge in [-0.05, 0) is 13.3 Å². The predicted molar refractivity (Wildman–Crippen MR) is 55.5 cm³/mol. The third kappa shape index (κ3) is 2.04. The highest BCUT2D eigenvalue weighted by Gasteiger charge is 2.29. The van der Waals surface area contributed by atoms with Crippen LogP contribution in [0.3, 0.4) is 0 Å². The molecule has 84 valence electrons. The molecule has 1 aliphatic heterocycles. The SMILES string of the molecule is CCC1COC(C)CN1c1nnc(N)o1. The molecule has 1 aliphatic rings. The molecular formula is C9H16N4O2. The zero-order chi connectivity index (χ0) is 10.8. The van der Waals surface area contributed by atoms with E-state index in [2.05, 4.69) is 22.0 Å². The van der Waals surface area contributed by atoms with Gasteiger partial charge in [-0.3, -0.25) is 0 Å². The smallest absolute Gasteiger partial charge is 0.319 e. The first-order chi connectivity index (χ1) is 7.20. The third-order valence-electron chi connectivity index (χ3n) is 2.61. The number of nitrogens with zero attached hydrogens (tertiary/aromatic N) is 3. The Morgan fingerprint density at radius 1 is 1.53 bits per heavy atom. The molecule has 6 nitrogen and oxygen atoms in total. The van der Waals surface area contributed by atoms with Crippen molar-refractivity contribution >= 4 is 12.0 Å². The average Bonchev–Trinajstić information content (AvgIpc) is 2.65. The van der Waals surface area contributed by atoms with Gasteiger partial charge in [0.2, 0.25) is 0 Å². The van der Waals surface area contributed by atoms with Crippen LogP contribution in [-0.2, 0) is 4.74 Å². The number of anilines is 2. The van der Waals surface area contributed by atoms with Crippen LogP contribution < -0.4 is 10.6 Å². The number of nitrogens with two attached hydrogens (primary N) is 1. The maximum atomic E-state index is 5.58. The summed E-state index contributed by atoms with van der Waals surface area (Å²) in [7, 11) is 0. The van der Waals surface area contributed by atoms with E-state index in [0.29, 0.717) is 18.7 Å². The van der Waals surface area contributed by atoms with Crippen LogP contribution in [0.4, 0.5) is 12.0 Å². The fourth-order valence-corrected chi connectivity index (χ4v) is 1.76. The highest BCUT2D eigenvalue weighted by molar-refractivity contribution is 5.30. The van der Waals surface area contributed by atoms with E-state index in [9.17, 15) is 0 Å². The molecule has 1 fully saturated rings. The molecule has 2 rings (SSSR count). The summed E-state index contributed by atoms with van der Waals surface area (Å²) in [5.41, 5.74) is 5.41. The van der Waals surface area contributed by atoms with Gasteiger partial charge < -0.3 is 19.8 Å². The molecule has 0 amide bonds. The molecule has 1 saturated heterocycles. The van der Waals surface area contributed by atoms with Crippen molar-refractivity contribution in [2.45, 2.75) is 32.4 Å². The molecule has 2 atom stereocenters. The van der Waals surface area contributed by atoms with Gasteiger partial charge in [0.25, 0.3) is 0 Å². The second-order valence-electron chi connectivity index (χ2n) is 3.78. The molecule has 1 aromatic heterocycles. The lowest BCUT2D eigenvalue weighted by atomic mass is 10.1. The summed E-state index contributed by atoms with van der Waals surface area (Å²) in [6.07, 6.45) is 1.16. The second kappa shape index (κ2) is 4.06. The van der Waals surface area contributed by atoms with Crippen LogP contribution in [0.1, 0.15) is 20.3 Å². The number of aromatic nitrogens is 2. The first-order valence-electron chi connectivity index (χ1n) is 5.18. The highest BCUT2D eigenvalue weighted by Crippen LogP contribution is 2.22. The Bertz CT molecular complexity index is 328. The van der Waals surface area contributed by atoms with E-state index in [1.807, 2.05) is 6.92 Å². The summed E-state index contributed by atoms with van der Waals surface area (Å²) in [6.45, 7) is 5.59. The van der Waals surface area contributed by atoms with Gasteiger partial charge in [-0.25, -0.2) is 0 Å². The van der Waals surface area contributed by atoms with E-state index in [1.54, 1.807) is 0 Å². The number of hydrogen-bond acceptors (Lipinski definition) is 6. The standard InChI is InChI=1S/C9H16N4O2/c1-3-7-5-14-6(2)4-13(7)9-12-11-8(10)15-9/h6-7H,3-5H2,1-2H3,(H2,10,11). The van der Waals surface area contributed by atoms with E-state index in [1.165, 1.54) is 0 Å². The zero-order valence-electron chi connectivity index (χ0n) is 9.01. The maximum absolute atomic E-state index is 5.58. The molecule has 15 heavy (non-hydrogen) atoms. The second-order valence-corrected chi connectivity index (χ2v) is 3.78. The highest BCUT2D eigenvalue weighted by atomic mass is 16.5. The van der Waals surface area contributed by atoms with Crippen molar-refractivity contribution in [3.05, 3.63) is 0 Å². The van der Waals surface area contributed by atoms with Crippen LogP contribution in [0.25, 0.3) is 0 Å². The van der Waals surface area contributed by atoms with E-state index >= 15 is 0 Å². The van der Waals surface area contributed by atoms with Crippen LogP contribution in [0.2, 0.25) is 0 Å². The lowest BCUT2D eigenvalue weighted by molar-refractivity contribution is 0.0278. The summed E-state index contributed by atoms with van der Waals surface area (Å²) in [6, 6.07) is 0.898. The fourth-order valence-electron chi connectivity index (χ4n) is 1.76. The van der Waals surface area contributed by atoms with Crippen LogP contribution in [0.5, 0.6) is 0 Å². The van der Waals surface area contributed by atoms with Crippen molar-refractivity contribution in [1.82, 2.24) is 10.2 Å².